The highest BCUT2D eigenvalue weighted by Gasteiger charge is 2.33. The van der Waals surface area contributed by atoms with Crippen molar-refractivity contribution in [3.05, 3.63) is 71.9 Å². The van der Waals surface area contributed by atoms with Crippen LogP contribution in [0.3, 0.4) is 0 Å². The van der Waals surface area contributed by atoms with Gasteiger partial charge in [0.15, 0.2) is 11.5 Å². The topological polar surface area (TPSA) is 112 Å². The maximum absolute atomic E-state index is 13.7. The van der Waals surface area contributed by atoms with Gasteiger partial charge in [-0.15, -0.1) is 0 Å². The first-order valence-electron chi connectivity index (χ1n) is 13.7. The molecule has 0 spiro atoms. The van der Waals surface area contributed by atoms with Crippen LogP contribution in [0, 0.1) is 0 Å². The van der Waals surface area contributed by atoms with Crippen molar-refractivity contribution in [2.24, 2.45) is 0 Å². The second-order valence-electron chi connectivity index (χ2n) is 10.2. The maximum Gasteiger partial charge on any atom is 0.530 e. The number of nitrogens with one attached hydrogen (secondary N) is 1. The van der Waals surface area contributed by atoms with Gasteiger partial charge in [0.1, 0.15) is 0 Å². The number of carbonyl (C=O) groups excluding carboxylic acids is 1. The Morgan fingerprint density at radius 3 is 2.52 bits per heavy atom. The number of carbonyl (C=O) groups is 1. The number of ketones is 1. The van der Waals surface area contributed by atoms with Crippen molar-refractivity contribution in [3.8, 4) is 17.0 Å². The van der Waals surface area contributed by atoms with Gasteiger partial charge >= 0.3 is 7.82 Å². The summed E-state index contributed by atoms with van der Waals surface area (Å²) in [4.78, 5) is 22.9. The lowest BCUT2D eigenvalue weighted by atomic mass is 10.0. The molecule has 0 amide bonds. The SMILES string of the molecule is C=CC(=O)Cc1cccc(-c2nc(Nc3ccc(N4CCOCC4)c(OP(=O)(OC(C)C)OC(C)C)c3)ncc2Cl)c1. The van der Waals surface area contributed by atoms with Gasteiger partial charge in [0.2, 0.25) is 5.95 Å². The fourth-order valence-corrected chi connectivity index (χ4v) is 6.05. The summed E-state index contributed by atoms with van der Waals surface area (Å²) in [5, 5.41) is 3.55. The van der Waals surface area contributed by atoms with E-state index in [4.69, 9.17) is 29.9 Å². The number of phosphoric ester groups is 1. The molecule has 0 radical (unpaired) electrons. The highest BCUT2D eigenvalue weighted by atomic mass is 35.5. The third-order valence-electron chi connectivity index (χ3n) is 6.01. The Morgan fingerprint density at radius 1 is 1.14 bits per heavy atom. The minimum absolute atomic E-state index is 0.0797. The predicted molar refractivity (Wildman–Crippen MR) is 165 cm³/mol. The lowest BCUT2D eigenvalue weighted by Gasteiger charge is -2.31. The summed E-state index contributed by atoms with van der Waals surface area (Å²) >= 11 is 6.48. The van der Waals surface area contributed by atoms with Crippen LogP contribution < -0.4 is 14.7 Å². The average Bonchev–Trinajstić information content (AvgIpc) is 2.93. The van der Waals surface area contributed by atoms with Crippen LogP contribution in [0.1, 0.15) is 33.3 Å². The Morgan fingerprint density at radius 2 is 1.86 bits per heavy atom. The Balaban J connectivity index is 1.66. The zero-order chi connectivity index (χ0) is 30.3. The van der Waals surface area contributed by atoms with Crippen molar-refractivity contribution in [2.45, 2.75) is 46.3 Å². The predicted octanol–water partition coefficient (Wildman–Crippen LogP) is 7.01. The molecule has 1 saturated heterocycles. The number of hydrogen-bond acceptors (Lipinski definition) is 10. The zero-order valence-corrected chi connectivity index (χ0v) is 25.9. The molecule has 12 heteroatoms. The number of hydrogen-bond donors (Lipinski definition) is 1. The van der Waals surface area contributed by atoms with Gasteiger partial charge in [-0.25, -0.2) is 14.5 Å². The largest absolute Gasteiger partial charge is 0.530 e. The molecule has 42 heavy (non-hydrogen) atoms. The minimum atomic E-state index is -3.97. The molecule has 0 saturated carbocycles. The fraction of sp³-hybridized carbons (Fsp3) is 0.367. The third kappa shape index (κ3) is 8.63. The van der Waals surface area contributed by atoms with Gasteiger partial charge in [0, 0.05) is 36.8 Å². The molecule has 224 valence electrons. The van der Waals surface area contributed by atoms with Crippen LogP contribution in [0.5, 0.6) is 5.75 Å². The van der Waals surface area contributed by atoms with Gasteiger partial charge in [-0.1, -0.05) is 36.4 Å². The van der Waals surface area contributed by atoms with Crippen molar-refractivity contribution >= 4 is 42.5 Å². The maximum atomic E-state index is 13.7. The first-order chi connectivity index (χ1) is 20.0. The molecule has 3 aromatic rings. The molecule has 2 heterocycles. The fourth-order valence-electron chi connectivity index (χ4n) is 4.30. The summed E-state index contributed by atoms with van der Waals surface area (Å²) in [7, 11) is -3.97. The van der Waals surface area contributed by atoms with Gasteiger partial charge in [-0.05, 0) is 57.5 Å². The molecule has 0 atom stereocenters. The lowest BCUT2D eigenvalue weighted by molar-refractivity contribution is -0.114. The number of halogens is 1. The van der Waals surface area contributed by atoms with E-state index in [-0.39, 0.29) is 18.2 Å². The van der Waals surface area contributed by atoms with E-state index < -0.39 is 20.0 Å². The Labute approximate surface area is 251 Å². The van der Waals surface area contributed by atoms with Crippen LogP contribution in [-0.2, 0) is 29.6 Å². The van der Waals surface area contributed by atoms with E-state index in [2.05, 4.69) is 26.8 Å². The number of allylic oxidation sites excluding steroid dienone is 1. The van der Waals surface area contributed by atoms with Crippen LogP contribution in [0.4, 0.5) is 17.3 Å². The third-order valence-corrected chi connectivity index (χ3v) is 8.06. The molecule has 0 aliphatic carbocycles. The Bertz CT molecular complexity index is 1450. The standard InChI is InChI=1S/C30H36ClN4O6P/c1-6-25(36)17-22-8-7-9-23(16-22)29-26(31)19-32-30(34-29)33-24-10-11-27(35-12-14-38-15-13-35)28(18-24)41-42(37,39-20(2)3)40-21(4)5/h6-11,16,18-21H,1,12-15,17H2,2-5H3,(H,32,33,34). The smallest absolute Gasteiger partial charge is 0.402 e. The number of rotatable bonds is 13. The number of nitrogens with zero attached hydrogens (tertiary/aromatic N) is 3. The number of benzene rings is 2. The van der Waals surface area contributed by atoms with Crippen LogP contribution in [0.2, 0.25) is 5.02 Å². The van der Waals surface area contributed by atoms with Crippen molar-refractivity contribution in [1.82, 2.24) is 9.97 Å². The summed E-state index contributed by atoms with van der Waals surface area (Å²) in [6.07, 6.45) is 2.26. The van der Waals surface area contributed by atoms with Crippen molar-refractivity contribution in [3.63, 3.8) is 0 Å². The van der Waals surface area contributed by atoms with Crippen molar-refractivity contribution in [1.29, 1.82) is 0 Å². The zero-order valence-electron chi connectivity index (χ0n) is 24.2. The lowest BCUT2D eigenvalue weighted by Crippen LogP contribution is -2.36. The van der Waals surface area contributed by atoms with Gasteiger partial charge in [0.25, 0.3) is 0 Å². The Kier molecular flexibility index (Phi) is 10.8. The van der Waals surface area contributed by atoms with E-state index in [0.29, 0.717) is 48.5 Å². The molecular formula is C30H36ClN4O6P. The Hall–Kier alpha value is -3.27. The van der Waals surface area contributed by atoms with E-state index in [9.17, 15) is 9.36 Å². The summed E-state index contributed by atoms with van der Waals surface area (Å²) < 4.78 is 36.5. The first-order valence-corrected chi connectivity index (χ1v) is 15.6. The van der Waals surface area contributed by atoms with Crippen LogP contribution in [0.15, 0.2) is 61.3 Å². The number of ether oxygens (including phenoxy) is 1. The molecule has 1 aromatic heterocycles. The number of phosphoric acid groups is 1. The number of aromatic nitrogens is 2. The number of anilines is 3. The van der Waals surface area contributed by atoms with E-state index in [1.165, 1.54) is 12.3 Å². The molecule has 1 N–H and O–H groups in total. The van der Waals surface area contributed by atoms with Crippen LogP contribution in [0.25, 0.3) is 11.3 Å². The second-order valence-corrected chi connectivity index (χ2v) is 12.1. The van der Waals surface area contributed by atoms with Crippen molar-refractivity contribution in [2.75, 3.05) is 36.5 Å². The molecule has 10 nitrogen and oxygen atoms in total. The average molecular weight is 615 g/mol. The summed E-state index contributed by atoms with van der Waals surface area (Å²) in [6, 6.07) is 12.9. The quantitative estimate of drug-likeness (QED) is 0.159. The van der Waals surface area contributed by atoms with Gasteiger partial charge < -0.3 is 19.5 Å². The van der Waals surface area contributed by atoms with Gasteiger partial charge in [0.05, 0.1) is 48.0 Å². The highest BCUT2D eigenvalue weighted by molar-refractivity contribution is 7.49. The first kappa shape index (κ1) is 31.7. The highest BCUT2D eigenvalue weighted by Crippen LogP contribution is 2.53. The summed E-state index contributed by atoms with van der Waals surface area (Å²) in [5.74, 6) is 0.524. The molecule has 2 aromatic carbocycles. The van der Waals surface area contributed by atoms with Crippen LogP contribution >= 0.6 is 19.4 Å². The molecule has 0 bridgehead atoms. The normalized spacial score (nSPS) is 13.8. The van der Waals surface area contributed by atoms with Crippen molar-refractivity contribution < 1.29 is 27.7 Å². The van der Waals surface area contributed by atoms with E-state index in [0.717, 1.165) is 16.8 Å². The second kappa shape index (κ2) is 14.3. The van der Waals surface area contributed by atoms with Gasteiger partial charge in [-0.2, -0.15) is 0 Å². The van der Waals surface area contributed by atoms with E-state index in [1.54, 1.807) is 33.8 Å². The molecule has 0 unspecified atom stereocenters. The van der Waals surface area contributed by atoms with Crippen LogP contribution in [-0.4, -0.2) is 54.3 Å². The summed E-state index contributed by atoms with van der Waals surface area (Å²) in [6.45, 7) is 13.0. The minimum Gasteiger partial charge on any atom is -0.402 e. The van der Waals surface area contributed by atoms with E-state index >= 15 is 0 Å². The van der Waals surface area contributed by atoms with E-state index in [1.807, 2.05) is 36.4 Å². The molecule has 4 rings (SSSR count). The molecule has 1 aliphatic heterocycles. The summed E-state index contributed by atoms with van der Waals surface area (Å²) in [5.41, 5.74) is 3.38. The molecule has 1 aliphatic rings. The monoisotopic (exact) mass is 614 g/mol. The number of morpholine rings is 1. The van der Waals surface area contributed by atoms with Gasteiger partial charge in [-0.3, -0.25) is 13.8 Å². The molecular weight excluding hydrogens is 579 g/mol. The molecule has 1 fully saturated rings.